The lowest BCUT2D eigenvalue weighted by Crippen LogP contribution is -2.24. The first-order chi connectivity index (χ1) is 14.9. The molecule has 0 bridgehead atoms. The third-order valence-corrected chi connectivity index (χ3v) is 3.80. The molecule has 0 aliphatic carbocycles. The Morgan fingerprint density at radius 3 is 2.32 bits per heavy atom. The van der Waals surface area contributed by atoms with Crippen molar-refractivity contribution in [2.75, 3.05) is 18.5 Å². The molecule has 2 aromatic rings. The van der Waals surface area contributed by atoms with Crippen LogP contribution in [0.3, 0.4) is 0 Å². The SMILES string of the molecule is CCOc1ccc(NC(=O)CC(=O)NN=Cc2ccc(OC(C)C)c(OCC)c2)cc1. The molecule has 0 aliphatic heterocycles. The van der Waals surface area contributed by atoms with E-state index in [1.165, 1.54) is 6.21 Å². The average Bonchev–Trinajstić information content (AvgIpc) is 2.71. The summed E-state index contributed by atoms with van der Waals surface area (Å²) in [5.74, 6) is 0.990. The van der Waals surface area contributed by atoms with Crippen molar-refractivity contribution in [1.29, 1.82) is 0 Å². The van der Waals surface area contributed by atoms with Gasteiger partial charge in [-0.2, -0.15) is 5.10 Å². The normalized spacial score (nSPS) is 10.7. The molecule has 0 aliphatic rings. The number of carbonyl (C=O) groups is 2. The number of hydrazone groups is 1. The Kier molecular flexibility index (Phi) is 9.35. The second kappa shape index (κ2) is 12.2. The monoisotopic (exact) mass is 427 g/mol. The van der Waals surface area contributed by atoms with Crippen LogP contribution >= 0.6 is 0 Å². The number of anilines is 1. The van der Waals surface area contributed by atoms with Crippen molar-refractivity contribution < 1.29 is 23.8 Å². The van der Waals surface area contributed by atoms with Crippen molar-refractivity contribution >= 4 is 23.7 Å². The molecule has 31 heavy (non-hydrogen) atoms. The number of amides is 2. The van der Waals surface area contributed by atoms with Gasteiger partial charge in [-0.25, -0.2) is 5.43 Å². The van der Waals surface area contributed by atoms with Crippen LogP contribution in [-0.2, 0) is 9.59 Å². The van der Waals surface area contributed by atoms with Gasteiger partial charge in [0.05, 0.1) is 25.5 Å². The van der Waals surface area contributed by atoms with E-state index in [1.54, 1.807) is 42.5 Å². The Bertz CT molecular complexity index is 895. The average molecular weight is 428 g/mol. The fraction of sp³-hybridized carbons (Fsp3) is 0.348. The summed E-state index contributed by atoms with van der Waals surface area (Å²) >= 11 is 0. The van der Waals surface area contributed by atoms with Crippen LogP contribution in [0.4, 0.5) is 5.69 Å². The van der Waals surface area contributed by atoms with Crippen LogP contribution in [0.25, 0.3) is 0 Å². The maximum absolute atomic E-state index is 12.0. The lowest BCUT2D eigenvalue weighted by atomic mass is 10.2. The highest BCUT2D eigenvalue weighted by molar-refractivity contribution is 6.03. The van der Waals surface area contributed by atoms with Gasteiger partial charge in [-0.05, 0) is 75.7 Å². The summed E-state index contributed by atoms with van der Waals surface area (Å²) in [4.78, 5) is 24.0. The molecule has 2 rings (SSSR count). The molecule has 0 saturated heterocycles. The van der Waals surface area contributed by atoms with E-state index >= 15 is 0 Å². The molecular formula is C23H29N3O5. The molecule has 2 amide bonds. The second-order valence-electron chi connectivity index (χ2n) is 6.78. The Morgan fingerprint density at radius 1 is 0.968 bits per heavy atom. The third kappa shape index (κ3) is 8.38. The van der Waals surface area contributed by atoms with E-state index in [2.05, 4.69) is 15.8 Å². The van der Waals surface area contributed by atoms with Gasteiger partial charge in [-0.3, -0.25) is 9.59 Å². The minimum absolute atomic E-state index is 0.0202. The Labute approximate surface area is 182 Å². The molecule has 2 aromatic carbocycles. The first-order valence-corrected chi connectivity index (χ1v) is 10.2. The summed E-state index contributed by atoms with van der Waals surface area (Å²) in [5.41, 5.74) is 3.65. The molecule has 166 valence electrons. The lowest BCUT2D eigenvalue weighted by molar-refractivity contribution is -0.126. The van der Waals surface area contributed by atoms with Crippen molar-refractivity contribution in [3.8, 4) is 17.2 Å². The van der Waals surface area contributed by atoms with Gasteiger partial charge in [0.25, 0.3) is 0 Å². The summed E-state index contributed by atoms with van der Waals surface area (Å²) in [7, 11) is 0. The number of ether oxygens (including phenoxy) is 3. The highest BCUT2D eigenvalue weighted by Gasteiger charge is 2.10. The first kappa shape index (κ1) is 23.7. The topological polar surface area (TPSA) is 98.2 Å². The predicted octanol–water partition coefficient (Wildman–Crippen LogP) is 3.75. The van der Waals surface area contributed by atoms with E-state index in [-0.39, 0.29) is 12.5 Å². The zero-order valence-corrected chi connectivity index (χ0v) is 18.3. The number of nitrogens with zero attached hydrogens (tertiary/aromatic N) is 1. The maximum atomic E-state index is 12.0. The second-order valence-corrected chi connectivity index (χ2v) is 6.78. The molecule has 0 spiro atoms. The molecule has 0 atom stereocenters. The van der Waals surface area contributed by atoms with Gasteiger partial charge in [0.2, 0.25) is 11.8 Å². The molecule has 2 N–H and O–H groups in total. The zero-order chi connectivity index (χ0) is 22.6. The standard InChI is InChI=1S/C23H29N3O5/c1-5-29-19-10-8-18(9-11-19)25-22(27)14-23(28)26-24-15-17-7-12-20(31-16(3)4)21(13-17)30-6-2/h7-13,15-16H,5-6,14H2,1-4H3,(H,25,27)(H,26,28). The van der Waals surface area contributed by atoms with Crippen LogP contribution in [0.15, 0.2) is 47.6 Å². The van der Waals surface area contributed by atoms with Crippen molar-refractivity contribution in [3.05, 3.63) is 48.0 Å². The Morgan fingerprint density at radius 2 is 1.68 bits per heavy atom. The lowest BCUT2D eigenvalue weighted by Gasteiger charge is -2.14. The van der Waals surface area contributed by atoms with E-state index < -0.39 is 11.8 Å². The van der Waals surface area contributed by atoms with E-state index in [9.17, 15) is 9.59 Å². The molecule has 8 nitrogen and oxygen atoms in total. The van der Waals surface area contributed by atoms with Crippen molar-refractivity contribution in [2.45, 2.75) is 40.2 Å². The molecule has 0 unspecified atom stereocenters. The summed E-state index contributed by atoms with van der Waals surface area (Å²) < 4.78 is 16.7. The molecule has 0 saturated carbocycles. The molecule has 0 radical (unpaired) electrons. The number of nitrogens with one attached hydrogen (secondary N) is 2. The van der Waals surface area contributed by atoms with Crippen molar-refractivity contribution in [2.24, 2.45) is 5.10 Å². The number of carbonyl (C=O) groups excluding carboxylic acids is 2. The van der Waals surface area contributed by atoms with E-state index in [1.807, 2.05) is 27.7 Å². The predicted molar refractivity (Wildman–Crippen MR) is 120 cm³/mol. The third-order valence-electron chi connectivity index (χ3n) is 3.80. The van der Waals surface area contributed by atoms with Gasteiger partial charge in [-0.1, -0.05) is 0 Å². The highest BCUT2D eigenvalue weighted by atomic mass is 16.5. The fourth-order valence-electron chi connectivity index (χ4n) is 2.60. The van der Waals surface area contributed by atoms with Gasteiger partial charge in [0.1, 0.15) is 12.2 Å². The van der Waals surface area contributed by atoms with Crippen LogP contribution < -0.4 is 25.0 Å². The first-order valence-electron chi connectivity index (χ1n) is 10.2. The van der Waals surface area contributed by atoms with Gasteiger partial charge < -0.3 is 19.5 Å². The minimum Gasteiger partial charge on any atom is -0.494 e. The van der Waals surface area contributed by atoms with E-state index in [0.717, 1.165) is 5.56 Å². The summed E-state index contributed by atoms with van der Waals surface area (Å²) in [6.07, 6.45) is 1.15. The highest BCUT2D eigenvalue weighted by Crippen LogP contribution is 2.29. The van der Waals surface area contributed by atoms with Crippen LogP contribution in [-0.4, -0.2) is 37.3 Å². The Balaban J connectivity index is 1.86. The number of hydrogen-bond acceptors (Lipinski definition) is 6. The molecule has 0 heterocycles. The minimum atomic E-state index is -0.524. The number of hydrogen-bond donors (Lipinski definition) is 2. The smallest absolute Gasteiger partial charge is 0.249 e. The van der Waals surface area contributed by atoms with Crippen molar-refractivity contribution in [1.82, 2.24) is 5.43 Å². The van der Waals surface area contributed by atoms with Crippen LogP contribution in [0, 0.1) is 0 Å². The van der Waals surface area contributed by atoms with Crippen molar-refractivity contribution in [3.63, 3.8) is 0 Å². The molecule has 0 fully saturated rings. The zero-order valence-electron chi connectivity index (χ0n) is 18.3. The fourth-order valence-corrected chi connectivity index (χ4v) is 2.60. The summed E-state index contributed by atoms with van der Waals surface area (Å²) in [6, 6.07) is 12.3. The molecular weight excluding hydrogens is 398 g/mol. The Hall–Kier alpha value is -3.55. The van der Waals surface area contributed by atoms with E-state index in [0.29, 0.717) is 36.1 Å². The quantitative estimate of drug-likeness (QED) is 0.323. The summed E-state index contributed by atoms with van der Waals surface area (Å²) in [5, 5.41) is 6.56. The molecule has 0 aromatic heterocycles. The van der Waals surface area contributed by atoms with Crippen LogP contribution in [0.1, 0.15) is 39.7 Å². The van der Waals surface area contributed by atoms with Gasteiger partial charge in [0.15, 0.2) is 11.5 Å². The van der Waals surface area contributed by atoms with Gasteiger partial charge in [0, 0.05) is 5.69 Å². The van der Waals surface area contributed by atoms with E-state index in [4.69, 9.17) is 14.2 Å². The largest absolute Gasteiger partial charge is 0.494 e. The van der Waals surface area contributed by atoms with Gasteiger partial charge >= 0.3 is 0 Å². The van der Waals surface area contributed by atoms with Crippen LogP contribution in [0.5, 0.6) is 17.2 Å². The summed E-state index contributed by atoms with van der Waals surface area (Å²) in [6.45, 7) is 8.72. The van der Waals surface area contributed by atoms with Gasteiger partial charge in [-0.15, -0.1) is 0 Å². The molecule has 8 heteroatoms. The van der Waals surface area contributed by atoms with Crippen LogP contribution in [0.2, 0.25) is 0 Å². The maximum Gasteiger partial charge on any atom is 0.249 e. The number of rotatable bonds is 11. The number of benzene rings is 2.